The maximum absolute atomic E-state index is 14.1. The van der Waals surface area contributed by atoms with Gasteiger partial charge in [0.1, 0.15) is 11.6 Å². The fraction of sp³-hybridized carbons (Fsp3) is 0.391. The summed E-state index contributed by atoms with van der Waals surface area (Å²) in [5, 5.41) is 0. The highest BCUT2D eigenvalue weighted by Gasteiger charge is 2.29. The van der Waals surface area contributed by atoms with E-state index >= 15 is 0 Å². The molecule has 0 aliphatic heterocycles. The predicted molar refractivity (Wildman–Crippen MR) is 116 cm³/mol. The van der Waals surface area contributed by atoms with E-state index < -0.39 is 12.2 Å². The summed E-state index contributed by atoms with van der Waals surface area (Å²) in [7, 11) is 0. The number of fused-ring (bicyclic) bond motifs is 2. The zero-order chi connectivity index (χ0) is 22.4. The third kappa shape index (κ3) is 3.70. The van der Waals surface area contributed by atoms with Gasteiger partial charge in [-0.05, 0) is 55.2 Å². The molecular weight excluding hydrogens is 419 g/mol. The summed E-state index contributed by atoms with van der Waals surface area (Å²) >= 11 is 0. The molecule has 0 radical (unpaired) electrons. The fourth-order valence-corrected chi connectivity index (χ4v) is 4.36. The summed E-state index contributed by atoms with van der Waals surface area (Å²) in [5.74, 6) is 0.155. The maximum Gasteiger partial charge on any atom is 0.329 e. The Hall–Kier alpha value is -3.07. The Bertz CT molecular complexity index is 1350. The first-order chi connectivity index (χ1) is 15.5. The molecule has 0 atom stereocenters. The summed E-state index contributed by atoms with van der Waals surface area (Å²) in [5.41, 5.74) is 9.17. The number of hydrogen-bond donors (Lipinski definition) is 1. The van der Waals surface area contributed by atoms with Crippen LogP contribution in [0.4, 0.5) is 13.2 Å². The van der Waals surface area contributed by atoms with Crippen LogP contribution >= 0.6 is 0 Å². The number of nitrogens with zero attached hydrogens (tertiary/aromatic N) is 4. The molecule has 1 aliphatic carbocycles. The van der Waals surface area contributed by atoms with Gasteiger partial charge in [-0.25, -0.2) is 22.9 Å². The predicted octanol–water partition coefficient (Wildman–Crippen LogP) is 4.18. The van der Waals surface area contributed by atoms with Crippen LogP contribution in [0.25, 0.3) is 22.1 Å². The number of rotatable bonds is 8. The van der Waals surface area contributed by atoms with Crippen molar-refractivity contribution in [3.05, 3.63) is 64.1 Å². The van der Waals surface area contributed by atoms with Gasteiger partial charge in [0.05, 0.1) is 28.6 Å². The first-order valence-corrected chi connectivity index (χ1v) is 10.8. The van der Waals surface area contributed by atoms with E-state index in [-0.39, 0.29) is 31.1 Å². The van der Waals surface area contributed by atoms with Crippen LogP contribution in [-0.2, 0) is 19.6 Å². The summed E-state index contributed by atoms with van der Waals surface area (Å²) in [6.07, 6.45) is -0.470. The van der Waals surface area contributed by atoms with Crippen LogP contribution in [0.3, 0.4) is 0 Å². The average Bonchev–Trinajstić information content (AvgIpc) is 3.49. The van der Waals surface area contributed by atoms with E-state index in [1.54, 1.807) is 10.6 Å². The zero-order valence-electron chi connectivity index (χ0n) is 17.5. The van der Waals surface area contributed by atoms with Gasteiger partial charge < -0.3 is 10.3 Å². The molecule has 4 aromatic rings. The second kappa shape index (κ2) is 8.12. The van der Waals surface area contributed by atoms with E-state index in [4.69, 9.17) is 10.7 Å². The van der Waals surface area contributed by atoms with Gasteiger partial charge in [-0.1, -0.05) is 6.07 Å². The highest BCUT2D eigenvalue weighted by Crippen LogP contribution is 2.36. The van der Waals surface area contributed by atoms with Crippen molar-refractivity contribution in [2.24, 2.45) is 5.73 Å². The van der Waals surface area contributed by atoms with E-state index in [1.165, 1.54) is 16.7 Å². The molecule has 1 aliphatic rings. The van der Waals surface area contributed by atoms with Gasteiger partial charge in [0.2, 0.25) is 6.43 Å². The van der Waals surface area contributed by atoms with Crippen LogP contribution in [0.1, 0.15) is 43.1 Å². The summed E-state index contributed by atoms with van der Waals surface area (Å²) in [4.78, 5) is 18.0. The molecule has 168 valence electrons. The molecule has 0 amide bonds. The molecule has 2 heterocycles. The third-order valence-corrected chi connectivity index (χ3v) is 6.07. The minimum atomic E-state index is -2.38. The van der Waals surface area contributed by atoms with Crippen molar-refractivity contribution < 1.29 is 13.2 Å². The van der Waals surface area contributed by atoms with Crippen LogP contribution in [0.2, 0.25) is 0 Å². The van der Waals surface area contributed by atoms with Gasteiger partial charge in [-0.3, -0.25) is 9.13 Å². The minimum absolute atomic E-state index is 0.125. The Balaban J connectivity index is 1.62. The fourth-order valence-electron chi connectivity index (χ4n) is 4.36. The molecular formula is C23H24F3N5O. The maximum atomic E-state index is 14.1. The molecule has 0 bridgehead atoms. The lowest BCUT2D eigenvalue weighted by Gasteiger charge is -2.10. The van der Waals surface area contributed by atoms with Crippen molar-refractivity contribution in [1.29, 1.82) is 0 Å². The molecule has 32 heavy (non-hydrogen) atoms. The number of imidazole rings is 2. The normalized spacial score (nSPS) is 14.3. The van der Waals surface area contributed by atoms with Gasteiger partial charge >= 0.3 is 5.69 Å². The van der Waals surface area contributed by atoms with E-state index in [9.17, 15) is 18.0 Å². The van der Waals surface area contributed by atoms with Crippen molar-refractivity contribution >= 4 is 22.1 Å². The number of hydrogen-bond acceptors (Lipinski definition) is 3. The number of benzene rings is 2. The van der Waals surface area contributed by atoms with Crippen LogP contribution < -0.4 is 11.4 Å². The summed E-state index contributed by atoms with van der Waals surface area (Å²) < 4.78 is 44.7. The number of alkyl halides is 2. The topological polar surface area (TPSA) is 70.8 Å². The quantitative estimate of drug-likeness (QED) is 0.444. The van der Waals surface area contributed by atoms with Gasteiger partial charge in [-0.2, -0.15) is 0 Å². The average molecular weight is 443 g/mol. The molecule has 1 fully saturated rings. The highest BCUT2D eigenvalue weighted by molar-refractivity contribution is 5.78. The third-order valence-electron chi connectivity index (χ3n) is 6.07. The monoisotopic (exact) mass is 443 g/mol. The lowest BCUT2D eigenvalue weighted by atomic mass is 10.2. The standard InChI is InChI=1S/C23H24F3N5O/c24-15-4-8-19-20(11-15)30(23(32)31(19)16-5-6-16)13-22-28-17-10-14(12-27)3-7-18(17)29(22)9-1-2-21(25)26/h3-4,7-8,10-11,16,21H,1-2,5-6,9,12-13,27H2. The van der Waals surface area contributed by atoms with Crippen molar-refractivity contribution in [3.63, 3.8) is 0 Å². The van der Waals surface area contributed by atoms with E-state index in [0.717, 1.165) is 23.9 Å². The summed E-state index contributed by atoms with van der Waals surface area (Å²) in [6, 6.07) is 10.1. The van der Waals surface area contributed by atoms with Crippen LogP contribution in [0, 0.1) is 5.82 Å². The number of aromatic nitrogens is 4. The van der Waals surface area contributed by atoms with E-state index in [2.05, 4.69) is 0 Å². The number of aryl methyl sites for hydroxylation is 1. The molecule has 2 aromatic heterocycles. The van der Waals surface area contributed by atoms with Gasteiger partial charge in [0.25, 0.3) is 0 Å². The largest absolute Gasteiger partial charge is 0.329 e. The molecule has 5 rings (SSSR count). The van der Waals surface area contributed by atoms with Crippen molar-refractivity contribution in [2.45, 2.75) is 57.8 Å². The van der Waals surface area contributed by atoms with Gasteiger partial charge in [-0.15, -0.1) is 0 Å². The van der Waals surface area contributed by atoms with Crippen molar-refractivity contribution in [3.8, 4) is 0 Å². The Morgan fingerprint density at radius 3 is 2.56 bits per heavy atom. The Labute approximate surface area is 182 Å². The second-order valence-electron chi connectivity index (χ2n) is 8.34. The smallest absolute Gasteiger partial charge is 0.326 e. The molecule has 6 nitrogen and oxygen atoms in total. The summed E-state index contributed by atoms with van der Waals surface area (Å²) in [6.45, 7) is 0.833. The first kappa shape index (κ1) is 20.8. The van der Waals surface area contributed by atoms with E-state index in [1.807, 2.05) is 22.8 Å². The lowest BCUT2D eigenvalue weighted by Crippen LogP contribution is -2.25. The molecule has 2 aromatic carbocycles. The second-order valence-corrected chi connectivity index (χ2v) is 8.34. The Morgan fingerprint density at radius 2 is 1.84 bits per heavy atom. The molecule has 2 N–H and O–H groups in total. The van der Waals surface area contributed by atoms with Crippen LogP contribution in [0.5, 0.6) is 0 Å². The molecule has 1 saturated carbocycles. The van der Waals surface area contributed by atoms with Gasteiger partial charge in [0, 0.05) is 25.6 Å². The lowest BCUT2D eigenvalue weighted by molar-refractivity contribution is 0.133. The highest BCUT2D eigenvalue weighted by atomic mass is 19.3. The molecule has 0 unspecified atom stereocenters. The zero-order valence-corrected chi connectivity index (χ0v) is 17.5. The Kier molecular flexibility index (Phi) is 5.28. The van der Waals surface area contributed by atoms with Crippen LogP contribution in [0.15, 0.2) is 41.2 Å². The first-order valence-electron chi connectivity index (χ1n) is 10.8. The van der Waals surface area contributed by atoms with Gasteiger partial charge in [0.15, 0.2) is 0 Å². The Morgan fingerprint density at radius 1 is 1.06 bits per heavy atom. The number of halogens is 3. The SMILES string of the molecule is NCc1ccc2c(c1)nc(Cn1c(=O)n(C3CC3)c3ccc(F)cc31)n2CCCC(F)F. The number of nitrogens with two attached hydrogens (primary N) is 1. The molecule has 9 heteroatoms. The van der Waals surface area contributed by atoms with Crippen molar-refractivity contribution in [1.82, 2.24) is 18.7 Å². The molecule has 0 saturated heterocycles. The van der Waals surface area contributed by atoms with Crippen molar-refractivity contribution in [2.75, 3.05) is 0 Å². The molecule has 0 spiro atoms. The minimum Gasteiger partial charge on any atom is -0.326 e. The van der Waals surface area contributed by atoms with Crippen LogP contribution in [-0.4, -0.2) is 25.1 Å². The van der Waals surface area contributed by atoms with E-state index in [0.29, 0.717) is 35.5 Å².